The van der Waals surface area contributed by atoms with Crippen molar-refractivity contribution >= 4 is 23.4 Å². The van der Waals surface area contributed by atoms with Crippen LogP contribution in [0, 0.1) is 0 Å². The molecule has 0 atom stereocenters. The fourth-order valence-electron chi connectivity index (χ4n) is 1.14. The molecule has 5 heteroatoms. The van der Waals surface area contributed by atoms with Gasteiger partial charge in [0.25, 0.3) is 0 Å². The monoisotopic (exact) mass is 252 g/mol. The highest BCUT2D eigenvalue weighted by Gasteiger charge is 2.00. The zero-order chi connectivity index (χ0) is 11.4. The van der Waals surface area contributed by atoms with Gasteiger partial charge in [-0.05, 0) is 41.9 Å². The molecule has 3 nitrogen and oxygen atoms in total. The predicted molar refractivity (Wildman–Crippen MR) is 64.2 cm³/mol. The first-order chi connectivity index (χ1) is 7.78. The molecule has 0 unspecified atom stereocenters. The molecule has 1 heterocycles. The van der Waals surface area contributed by atoms with Crippen LogP contribution in [0.3, 0.4) is 0 Å². The lowest BCUT2D eigenvalue weighted by atomic mass is 10.3. The third-order valence-corrected chi connectivity index (χ3v) is 3.01. The lowest BCUT2D eigenvalue weighted by Gasteiger charge is -2.02. The Kier molecular flexibility index (Phi) is 3.64. The molecule has 0 fully saturated rings. The number of benzene rings is 1. The number of nitrogens with zero attached hydrogens (tertiary/aromatic N) is 2. The van der Waals surface area contributed by atoms with Crippen LogP contribution in [0.1, 0.15) is 0 Å². The predicted octanol–water partition coefficient (Wildman–Crippen LogP) is 3.29. The van der Waals surface area contributed by atoms with Crippen molar-refractivity contribution in [1.29, 1.82) is 0 Å². The highest BCUT2D eigenvalue weighted by molar-refractivity contribution is 7.99. The van der Waals surface area contributed by atoms with Gasteiger partial charge >= 0.3 is 0 Å². The first-order valence-electron chi connectivity index (χ1n) is 4.58. The molecular formula is C11H9ClN2OS. The van der Waals surface area contributed by atoms with E-state index in [4.69, 9.17) is 16.3 Å². The van der Waals surface area contributed by atoms with Gasteiger partial charge in [-0.2, -0.15) is 0 Å². The van der Waals surface area contributed by atoms with Crippen molar-refractivity contribution in [1.82, 2.24) is 9.97 Å². The molecule has 82 valence electrons. The van der Waals surface area contributed by atoms with Crippen molar-refractivity contribution < 1.29 is 4.74 Å². The van der Waals surface area contributed by atoms with Crippen molar-refractivity contribution in [2.24, 2.45) is 0 Å². The van der Waals surface area contributed by atoms with E-state index < -0.39 is 0 Å². The van der Waals surface area contributed by atoms with Crippen molar-refractivity contribution in [3.8, 4) is 5.75 Å². The zero-order valence-electron chi connectivity index (χ0n) is 8.55. The Hall–Kier alpha value is -1.26. The Balaban J connectivity index is 2.14. The summed E-state index contributed by atoms with van der Waals surface area (Å²) in [6.07, 6.45) is 1.64. The molecule has 0 spiro atoms. The van der Waals surface area contributed by atoms with E-state index in [1.165, 1.54) is 11.8 Å². The third-order valence-electron chi connectivity index (χ3n) is 1.88. The number of ether oxygens (including phenoxy) is 1. The van der Waals surface area contributed by atoms with Crippen LogP contribution in [0.15, 0.2) is 46.5 Å². The van der Waals surface area contributed by atoms with E-state index in [-0.39, 0.29) is 5.28 Å². The van der Waals surface area contributed by atoms with E-state index in [0.717, 1.165) is 15.7 Å². The highest BCUT2D eigenvalue weighted by atomic mass is 35.5. The van der Waals surface area contributed by atoms with Crippen molar-refractivity contribution in [3.63, 3.8) is 0 Å². The topological polar surface area (TPSA) is 35.0 Å². The van der Waals surface area contributed by atoms with Crippen molar-refractivity contribution in [3.05, 3.63) is 41.8 Å². The Morgan fingerprint density at radius 2 is 1.94 bits per heavy atom. The molecule has 0 radical (unpaired) electrons. The average molecular weight is 253 g/mol. The van der Waals surface area contributed by atoms with Crippen molar-refractivity contribution in [2.75, 3.05) is 7.11 Å². The van der Waals surface area contributed by atoms with Gasteiger partial charge in [0, 0.05) is 11.1 Å². The van der Waals surface area contributed by atoms with Gasteiger partial charge in [0.05, 0.1) is 7.11 Å². The number of aromatic nitrogens is 2. The fraction of sp³-hybridized carbons (Fsp3) is 0.0909. The lowest BCUT2D eigenvalue weighted by molar-refractivity contribution is 0.414. The molecule has 0 N–H and O–H groups in total. The number of hydrogen-bond donors (Lipinski definition) is 0. The van der Waals surface area contributed by atoms with E-state index >= 15 is 0 Å². The van der Waals surface area contributed by atoms with Gasteiger partial charge in [-0.25, -0.2) is 9.97 Å². The largest absolute Gasteiger partial charge is 0.497 e. The van der Waals surface area contributed by atoms with Crippen LogP contribution in [0.25, 0.3) is 0 Å². The summed E-state index contributed by atoms with van der Waals surface area (Å²) >= 11 is 7.23. The average Bonchev–Trinajstić information content (AvgIpc) is 2.30. The summed E-state index contributed by atoms with van der Waals surface area (Å²) in [6, 6.07) is 9.58. The lowest BCUT2D eigenvalue weighted by Crippen LogP contribution is -1.84. The van der Waals surface area contributed by atoms with Gasteiger partial charge < -0.3 is 4.74 Å². The van der Waals surface area contributed by atoms with Crippen LogP contribution >= 0.6 is 23.4 Å². The maximum atomic E-state index is 5.70. The first kappa shape index (κ1) is 11.2. The van der Waals surface area contributed by atoms with Crippen LogP contribution in [0.5, 0.6) is 5.75 Å². The Bertz CT molecular complexity index is 476. The minimum atomic E-state index is 0.263. The van der Waals surface area contributed by atoms with E-state index in [9.17, 15) is 0 Å². The number of hydrogen-bond acceptors (Lipinski definition) is 4. The van der Waals surface area contributed by atoms with Gasteiger partial charge in [-0.1, -0.05) is 11.8 Å². The van der Waals surface area contributed by atoms with Crippen LogP contribution < -0.4 is 4.74 Å². The quantitative estimate of drug-likeness (QED) is 0.620. The zero-order valence-corrected chi connectivity index (χ0v) is 10.1. The molecule has 16 heavy (non-hydrogen) atoms. The summed E-state index contributed by atoms with van der Waals surface area (Å²) in [7, 11) is 1.65. The molecule has 0 aliphatic carbocycles. The summed E-state index contributed by atoms with van der Waals surface area (Å²) in [5.74, 6) is 0.838. The Morgan fingerprint density at radius 1 is 1.19 bits per heavy atom. The fourth-order valence-corrected chi connectivity index (χ4v) is 2.11. The summed E-state index contributed by atoms with van der Waals surface area (Å²) in [5, 5.41) is 1.09. The summed E-state index contributed by atoms with van der Waals surface area (Å²) in [6.45, 7) is 0. The SMILES string of the molecule is COc1ccc(Sc2ccnc(Cl)n2)cc1. The number of halogens is 1. The maximum Gasteiger partial charge on any atom is 0.223 e. The molecule has 0 bridgehead atoms. The van der Waals surface area contributed by atoms with Gasteiger partial charge in [0.15, 0.2) is 0 Å². The van der Waals surface area contributed by atoms with Gasteiger partial charge in [0.2, 0.25) is 5.28 Å². The van der Waals surface area contributed by atoms with Crippen molar-refractivity contribution in [2.45, 2.75) is 9.92 Å². The molecule has 0 saturated carbocycles. The molecular weight excluding hydrogens is 244 g/mol. The maximum absolute atomic E-state index is 5.70. The summed E-state index contributed by atoms with van der Waals surface area (Å²) in [5.41, 5.74) is 0. The normalized spacial score (nSPS) is 10.1. The number of methoxy groups -OCH3 is 1. The van der Waals surface area contributed by atoms with E-state index in [2.05, 4.69) is 9.97 Å². The van der Waals surface area contributed by atoms with Crippen LogP contribution in [0.4, 0.5) is 0 Å². The van der Waals surface area contributed by atoms with E-state index in [1.54, 1.807) is 13.3 Å². The first-order valence-corrected chi connectivity index (χ1v) is 5.78. The van der Waals surface area contributed by atoms with Crippen LogP contribution in [-0.4, -0.2) is 17.1 Å². The highest BCUT2D eigenvalue weighted by Crippen LogP contribution is 2.27. The standard InChI is InChI=1S/C11H9ClN2OS/c1-15-8-2-4-9(5-3-8)16-10-6-7-13-11(12)14-10/h2-7H,1H3. The molecule has 1 aromatic carbocycles. The van der Waals surface area contributed by atoms with Gasteiger partial charge in [0.1, 0.15) is 10.8 Å². The number of rotatable bonds is 3. The molecule has 0 aliphatic rings. The Morgan fingerprint density at radius 3 is 2.56 bits per heavy atom. The minimum Gasteiger partial charge on any atom is -0.497 e. The van der Waals surface area contributed by atoms with Gasteiger partial charge in [-0.3, -0.25) is 0 Å². The smallest absolute Gasteiger partial charge is 0.223 e. The molecule has 2 aromatic rings. The molecule has 1 aromatic heterocycles. The second-order valence-electron chi connectivity index (χ2n) is 2.94. The molecule has 0 saturated heterocycles. The van der Waals surface area contributed by atoms with E-state index in [1.807, 2.05) is 30.3 Å². The van der Waals surface area contributed by atoms with Crippen LogP contribution in [-0.2, 0) is 0 Å². The van der Waals surface area contributed by atoms with Crippen LogP contribution in [0.2, 0.25) is 5.28 Å². The minimum absolute atomic E-state index is 0.263. The third kappa shape index (κ3) is 2.87. The van der Waals surface area contributed by atoms with E-state index in [0.29, 0.717) is 0 Å². The summed E-state index contributed by atoms with van der Waals surface area (Å²) < 4.78 is 5.08. The second-order valence-corrected chi connectivity index (χ2v) is 4.37. The second kappa shape index (κ2) is 5.18. The Labute approximate surface area is 103 Å². The van der Waals surface area contributed by atoms with Gasteiger partial charge in [-0.15, -0.1) is 0 Å². The summed E-state index contributed by atoms with van der Waals surface area (Å²) in [4.78, 5) is 9.01. The molecule has 0 amide bonds. The molecule has 2 rings (SSSR count). The molecule has 0 aliphatic heterocycles.